The average Bonchev–Trinajstić information content (AvgIpc) is 2.87. The van der Waals surface area contributed by atoms with Gasteiger partial charge in [-0.1, -0.05) is 72.8 Å². The molecule has 0 aliphatic carbocycles. The highest BCUT2D eigenvalue weighted by Crippen LogP contribution is 2.36. The Kier molecular flexibility index (Phi) is 6.12. The molecule has 3 heteroatoms. The molecule has 4 aromatic rings. The number of hydrogen-bond donors (Lipinski definition) is 0. The molecule has 0 bridgehead atoms. The number of allylic oxidation sites excluding steroid dienone is 1. The van der Waals surface area contributed by atoms with E-state index >= 15 is 0 Å². The highest BCUT2D eigenvalue weighted by Gasteiger charge is 2.23. The van der Waals surface area contributed by atoms with Crippen molar-refractivity contribution in [2.24, 2.45) is 0 Å². The van der Waals surface area contributed by atoms with Crippen LogP contribution in [0.2, 0.25) is 0 Å². The fraction of sp³-hybridized carbons (Fsp3) is 0.133. The summed E-state index contributed by atoms with van der Waals surface area (Å²) in [5.74, 6) is 3.32. The number of benzene rings is 4. The fourth-order valence-corrected chi connectivity index (χ4v) is 3.85. The van der Waals surface area contributed by atoms with E-state index in [1.54, 1.807) is 0 Å². The van der Waals surface area contributed by atoms with Gasteiger partial charge in [-0.05, 0) is 53.9 Å². The number of fused-ring (bicyclic) bond motifs is 1. The van der Waals surface area contributed by atoms with Gasteiger partial charge in [0.1, 0.15) is 30.5 Å². The number of rotatable bonds is 7. The van der Waals surface area contributed by atoms with Crippen LogP contribution >= 0.6 is 0 Å². The van der Waals surface area contributed by atoms with Gasteiger partial charge in [0.25, 0.3) is 0 Å². The molecule has 33 heavy (non-hydrogen) atoms. The van der Waals surface area contributed by atoms with Gasteiger partial charge in [-0.25, -0.2) is 0 Å². The van der Waals surface area contributed by atoms with Crippen molar-refractivity contribution in [3.05, 3.63) is 137 Å². The van der Waals surface area contributed by atoms with Crippen LogP contribution in [0.1, 0.15) is 27.8 Å². The van der Waals surface area contributed by atoms with E-state index in [9.17, 15) is 0 Å². The molecule has 1 heterocycles. The summed E-state index contributed by atoms with van der Waals surface area (Å²) in [7, 11) is 0. The normalized spacial score (nSPS) is 12.6. The Balaban J connectivity index is 1.38. The maximum atomic E-state index is 6.38. The van der Waals surface area contributed by atoms with E-state index in [0.29, 0.717) is 19.6 Å². The molecule has 3 nitrogen and oxygen atoms in total. The van der Waals surface area contributed by atoms with Gasteiger partial charge in [0.2, 0.25) is 0 Å². The molecule has 0 aromatic heterocycles. The lowest BCUT2D eigenvalue weighted by molar-refractivity contribution is 0.184. The zero-order chi connectivity index (χ0) is 22.5. The molecule has 0 atom stereocenters. The van der Waals surface area contributed by atoms with Crippen molar-refractivity contribution in [3.8, 4) is 11.5 Å². The summed E-state index contributed by atoms with van der Waals surface area (Å²) in [4.78, 5) is 0. The Morgan fingerprint density at radius 2 is 1.33 bits per heavy atom. The van der Waals surface area contributed by atoms with Crippen LogP contribution in [0.25, 0.3) is 5.76 Å². The first kappa shape index (κ1) is 20.9. The van der Waals surface area contributed by atoms with Gasteiger partial charge >= 0.3 is 0 Å². The second kappa shape index (κ2) is 9.66. The van der Waals surface area contributed by atoms with Gasteiger partial charge in [-0.3, -0.25) is 0 Å². The third kappa shape index (κ3) is 5.09. The Morgan fingerprint density at radius 1 is 0.697 bits per heavy atom. The van der Waals surface area contributed by atoms with Crippen molar-refractivity contribution in [3.63, 3.8) is 0 Å². The standard InChI is InChI=1S/C30H26O3/c1-22-12-13-26-19-29(32-21-24-10-6-3-7-11-24)30(33-28(26)18-22)25-14-16-27(17-15-25)31-20-23-8-4-2-5-9-23/h2-18H,19-21H2,1H3. The molecule has 4 aromatic carbocycles. The van der Waals surface area contributed by atoms with Crippen LogP contribution in [-0.2, 0) is 24.4 Å². The minimum Gasteiger partial charge on any atom is -0.489 e. The fourth-order valence-electron chi connectivity index (χ4n) is 3.85. The lowest BCUT2D eigenvalue weighted by atomic mass is 10.0. The minimum atomic E-state index is 0.502. The smallest absolute Gasteiger partial charge is 0.172 e. The van der Waals surface area contributed by atoms with Crippen molar-refractivity contribution < 1.29 is 14.2 Å². The summed E-state index contributed by atoms with van der Waals surface area (Å²) in [6, 6.07) is 34.7. The highest BCUT2D eigenvalue weighted by atomic mass is 16.5. The van der Waals surface area contributed by atoms with Gasteiger partial charge in [0, 0.05) is 17.5 Å². The minimum absolute atomic E-state index is 0.502. The van der Waals surface area contributed by atoms with Crippen molar-refractivity contribution in [1.82, 2.24) is 0 Å². The second-order valence-electron chi connectivity index (χ2n) is 8.22. The molecule has 1 aliphatic rings. The summed E-state index contributed by atoms with van der Waals surface area (Å²) in [5, 5.41) is 0. The maximum absolute atomic E-state index is 6.38. The van der Waals surface area contributed by atoms with Crippen LogP contribution in [0, 0.1) is 6.92 Å². The molecule has 0 amide bonds. The molecular weight excluding hydrogens is 408 g/mol. The molecule has 0 radical (unpaired) electrons. The zero-order valence-electron chi connectivity index (χ0n) is 18.7. The quantitative estimate of drug-likeness (QED) is 0.311. The van der Waals surface area contributed by atoms with Crippen molar-refractivity contribution in [2.45, 2.75) is 26.6 Å². The molecule has 0 unspecified atom stereocenters. The first-order chi connectivity index (χ1) is 16.2. The summed E-state index contributed by atoms with van der Waals surface area (Å²) in [5.41, 5.74) is 5.55. The predicted molar refractivity (Wildman–Crippen MR) is 131 cm³/mol. The average molecular weight is 435 g/mol. The van der Waals surface area contributed by atoms with E-state index in [1.807, 2.05) is 60.7 Å². The van der Waals surface area contributed by atoms with Crippen molar-refractivity contribution in [1.29, 1.82) is 0 Å². The van der Waals surface area contributed by atoms with Gasteiger partial charge in [-0.15, -0.1) is 0 Å². The zero-order valence-corrected chi connectivity index (χ0v) is 18.7. The summed E-state index contributed by atoms with van der Waals surface area (Å²) < 4.78 is 18.6. The van der Waals surface area contributed by atoms with Gasteiger partial charge in [0.05, 0.1) is 0 Å². The highest BCUT2D eigenvalue weighted by molar-refractivity contribution is 5.68. The number of aryl methyl sites for hydroxylation is 1. The summed E-state index contributed by atoms with van der Waals surface area (Å²) >= 11 is 0. The van der Waals surface area contributed by atoms with E-state index in [4.69, 9.17) is 14.2 Å². The van der Waals surface area contributed by atoms with Gasteiger partial charge in [-0.2, -0.15) is 0 Å². The van der Waals surface area contributed by atoms with Crippen LogP contribution < -0.4 is 9.47 Å². The molecule has 164 valence electrons. The van der Waals surface area contributed by atoms with Crippen LogP contribution in [0.3, 0.4) is 0 Å². The first-order valence-corrected chi connectivity index (χ1v) is 11.2. The van der Waals surface area contributed by atoms with Crippen LogP contribution in [-0.4, -0.2) is 0 Å². The molecule has 0 fully saturated rings. The van der Waals surface area contributed by atoms with Crippen molar-refractivity contribution in [2.75, 3.05) is 0 Å². The van der Waals surface area contributed by atoms with E-state index < -0.39 is 0 Å². The Hall–Kier alpha value is -3.98. The van der Waals surface area contributed by atoms with Crippen LogP contribution in [0.5, 0.6) is 11.5 Å². The molecule has 1 aliphatic heterocycles. The van der Waals surface area contributed by atoms with Crippen LogP contribution in [0.4, 0.5) is 0 Å². The topological polar surface area (TPSA) is 27.7 Å². The first-order valence-electron chi connectivity index (χ1n) is 11.2. The maximum Gasteiger partial charge on any atom is 0.172 e. The summed E-state index contributed by atoms with van der Waals surface area (Å²) in [6.07, 6.45) is 0.698. The summed E-state index contributed by atoms with van der Waals surface area (Å²) in [6.45, 7) is 3.12. The predicted octanol–water partition coefficient (Wildman–Crippen LogP) is 7.09. The number of hydrogen-bond acceptors (Lipinski definition) is 3. The van der Waals surface area contributed by atoms with E-state index in [1.165, 1.54) is 5.56 Å². The lowest BCUT2D eigenvalue weighted by Gasteiger charge is -2.24. The SMILES string of the molecule is Cc1ccc2c(c1)OC(c1ccc(OCc3ccccc3)cc1)=C(OCc1ccccc1)C2. The Bertz CT molecular complexity index is 1240. The number of ether oxygens (including phenoxy) is 3. The monoisotopic (exact) mass is 434 g/mol. The Morgan fingerprint density at radius 3 is 2.00 bits per heavy atom. The molecule has 0 spiro atoms. The molecule has 0 saturated heterocycles. The van der Waals surface area contributed by atoms with E-state index in [2.05, 4.69) is 49.4 Å². The molecular formula is C30H26O3. The van der Waals surface area contributed by atoms with Crippen LogP contribution in [0.15, 0.2) is 109 Å². The molecule has 0 saturated carbocycles. The third-order valence-corrected chi connectivity index (χ3v) is 5.66. The van der Waals surface area contributed by atoms with Gasteiger partial charge in [0.15, 0.2) is 5.76 Å². The van der Waals surface area contributed by atoms with Gasteiger partial charge < -0.3 is 14.2 Å². The second-order valence-corrected chi connectivity index (χ2v) is 8.22. The van der Waals surface area contributed by atoms with E-state index in [-0.39, 0.29) is 0 Å². The molecule has 0 N–H and O–H groups in total. The largest absolute Gasteiger partial charge is 0.489 e. The molecule has 5 rings (SSSR count). The third-order valence-electron chi connectivity index (χ3n) is 5.66. The Labute approximate surface area is 194 Å². The van der Waals surface area contributed by atoms with Crippen molar-refractivity contribution >= 4 is 5.76 Å². The van der Waals surface area contributed by atoms with E-state index in [0.717, 1.165) is 45.3 Å². The lowest BCUT2D eigenvalue weighted by Crippen LogP contribution is -2.12.